The average Bonchev–Trinajstić information content (AvgIpc) is 2.36. The number of hydrogen-bond acceptors (Lipinski definition) is 5. The van der Waals surface area contributed by atoms with E-state index in [1.807, 2.05) is 0 Å². The number of nitrogens with two attached hydrogens (primary N) is 1. The Kier molecular flexibility index (Phi) is 5.25. The van der Waals surface area contributed by atoms with Crippen LogP contribution in [0.2, 0.25) is 0 Å². The Morgan fingerprint density at radius 3 is 2.82 bits per heavy atom. The Morgan fingerprint density at radius 1 is 1.47 bits per heavy atom. The Bertz CT molecular complexity index is 382. The van der Waals surface area contributed by atoms with E-state index in [4.69, 9.17) is 20.3 Å². The van der Waals surface area contributed by atoms with Crippen molar-refractivity contribution < 1.29 is 19.4 Å². The van der Waals surface area contributed by atoms with Gasteiger partial charge in [0.1, 0.15) is 6.61 Å². The van der Waals surface area contributed by atoms with Gasteiger partial charge in [0.2, 0.25) is 5.91 Å². The van der Waals surface area contributed by atoms with Crippen LogP contribution in [-0.2, 0) is 4.79 Å². The van der Waals surface area contributed by atoms with Crippen LogP contribution in [0.15, 0.2) is 18.2 Å². The molecular weight excluding hydrogens is 224 g/mol. The first-order chi connectivity index (χ1) is 8.21. The van der Waals surface area contributed by atoms with E-state index in [1.165, 1.54) is 7.11 Å². The van der Waals surface area contributed by atoms with E-state index >= 15 is 0 Å². The number of ether oxygens (including phenoxy) is 2. The summed E-state index contributed by atoms with van der Waals surface area (Å²) in [5.74, 6) is 0.698. The summed E-state index contributed by atoms with van der Waals surface area (Å²) in [5, 5.41) is 11.3. The SMILES string of the molecule is COc1ccc(NC(=O)CN)cc1OCCO. The van der Waals surface area contributed by atoms with Crippen molar-refractivity contribution in [2.45, 2.75) is 0 Å². The van der Waals surface area contributed by atoms with E-state index in [0.717, 1.165) is 0 Å². The quantitative estimate of drug-likeness (QED) is 0.649. The van der Waals surface area contributed by atoms with Gasteiger partial charge >= 0.3 is 0 Å². The summed E-state index contributed by atoms with van der Waals surface area (Å²) in [7, 11) is 1.51. The fourth-order valence-corrected chi connectivity index (χ4v) is 1.23. The molecule has 0 aliphatic rings. The van der Waals surface area contributed by atoms with Crippen molar-refractivity contribution in [1.82, 2.24) is 0 Å². The first-order valence-electron chi connectivity index (χ1n) is 5.13. The van der Waals surface area contributed by atoms with Crippen LogP contribution in [-0.4, -0.2) is 37.9 Å². The Morgan fingerprint density at radius 2 is 2.24 bits per heavy atom. The first kappa shape index (κ1) is 13.3. The van der Waals surface area contributed by atoms with Crippen LogP contribution in [0.3, 0.4) is 0 Å². The van der Waals surface area contributed by atoms with Gasteiger partial charge in [-0.1, -0.05) is 0 Å². The molecule has 6 nitrogen and oxygen atoms in total. The fraction of sp³-hybridized carbons (Fsp3) is 0.364. The van der Waals surface area contributed by atoms with Gasteiger partial charge in [-0.05, 0) is 12.1 Å². The third-order valence-corrected chi connectivity index (χ3v) is 1.98. The largest absolute Gasteiger partial charge is 0.493 e. The summed E-state index contributed by atoms with van der Waals surface area (Å²) < 4.78 is 10.4. The number of rotatable bonds is 6. The summed E-state index contributed by atoms with van der Waals surface area (Å²) in [6, 6.07) is 4.96. The number of carbonyl (C=O) groups is 1. The lowest BCUT2D eigenvalue weighted by atomic mass is 10.2. The summed E-state index contributed by atoms with van der Waals surface area (Å²) in [5.41, 5.74) is 5.76. The molecule has 94 valence electrons. The lowest BCUT2D eigenvalue weighted by Crippen LogP contribution is -2.21. The van der Waals surface area contributed by atoms with E-state index in [0.29, 0.717) is 17.2 Å². The van der Waals surface area contributed by atoms with Crippen LogP contribution in [0.1, 0.15) is 0 Å². The number of anilines is 1. The van der Waals surface area contributed by atoms with Crippen molar-refractivity contribution in [2.75, 3.05) is 32.2 Å². The molecule has 1 amide bonds. The van der Waals surface area contributed by atoms with Crippen LogP contribution in [0, 0.1) is 0 Å². The fourth-order valence-electron chi connectivity index (χ4n) is 1.23. The lowest BCUT2D eigenvalue weighted by Gasteiger charge is -2.11. The molecule has 17 heavy (non-hydrogen) atoms. The second-order valence-corrected chi connectivity index (χ2v) is 3.19. The van der Waals surface area contributed by atoms with Gasteiger partial charge in [0.25, 0.3) is 0 Å². The number of aliphatic hydroxyl groups excluding tert-OH is 1. The number of aliphatic hydroxyl groups is 1. The predicted molar refractivity (Wildman–Crippen MR) is 63.3 cm³/mol. The molecule has 0 aliphatic heterocycles. The number of nitrogens with one attached hydrogen (secondary N) is 1. The molecule has 0 heterocycles. The summed E-state index contributed by atoms with van der Waals surface area (Å²) in [4.78, 5) is 11.1. The predicted octanol–water partition coefficient (Wildman–Crippen LogP) is -0.0365. The van der Waals surface area contributed by atoms with Crippen molar-refractivity contribution in [2.24, 2.45) is 5.73 Å². The molecule has 0 spiro atoms. The lowest BCUT2D eigenvalue weighted by molar-refractivity contribution is -0.114. The Balaban J connectivity index is 2.83. The molecule has 0 aliphatic carbocycles. The topological polar surface area (TPSA) is 93.8 Å². The normalized spacial score (nSPS) is 9.82. The smallest absolute Gasteiger partial charge is 0.238 e. The van der Waals surface area contributed by atoms with Crippen LogP contribution < -0.4 is 20.5 Å². The minimum Gasteiger partial charge on any atom is -0.493 e. The molecule has 1 aromatic rings. The molecule has 0 bridgehead atoms. The van der Waals surface area contributed by atoms with Gasteiger partial charge in [-0.25, -0.2) is 0 Å². The molecule has 0 atom stereocenters. The minimum atomic E-state index is -0.289. The molecule has 0 unspecified atom stereocenters. The van der Waals surface area contributed by atoms with E-state index < -0.39 is 0 Å². The van der Waals surface area contributed by atoms with Crippen LogP contribution in [0.5, 0.6) is 11.5 Å². The maximum Gasteiger partial charge on any atom is 0.238 e. The minimum absolute atomic E-state index is 0.0845. The van der Waals surface area contributed by atoms with Crippen molar-refractivity contribution in [3.63, 3.8) is 0 Å². The zero-order valence-electron chi connectivity index (χ0n) is 9.60. The van der Waals surface area contributed by atoms with Gasteiger partial charge < -0.3 is 25.6 Å². The van der Waals surface area contributed by atoms with Gasteiger partial charge in [0.15, 0.2) is 11.5 Å². The molecule has 1 rings (SSSR count). The molecule has 1 aromatic carbocycles. The Labute approximate surface area is 99.3 Å². The van der Waals surface area contributed by atoms with Gasteiger partial charge in [-0.2, -0.15) is 0 Å². The maximum absolute atomic E-state index is 11.1. The molecule has 0 saturated carbocycles. The van der Waals surface area contributed by atoms with E-state index in [9.17, 15) is 4.79 Å². The van der Waals surface area contributed by atoms with E-state index in [2.05, 4.69) is 5.32 Å². The summed E-state index contributed by atoms with van der Waals surface area (Å²) >= 11 is 0. The van der Waals surface area contributed by atoms with Gasteiger partial charge in [-0.15, -0.1) is 0 Å². The van der Waals surface area contributed by atoms with Gasteiger partial charge in [-0.3, -0.25) is 4.79 Å². The van der Waals surface area contributed by atoms with E-state index in [1.54, 1.807) is 18.2 Å². The van der Waals surface area contributed by atoms with Gasteiger partial charge in [0, 0.05) is 11.8 Å². The van der Waals surface area contributed by atoms with Crippen LogP contribution in [0.25, 0.3) is 0 Å². The van der Waals surface area contributed by atoms with Crippen LogP contribution >= 0.6 is 0 Å². The van der Waals surface area contributed by atoms with Crippen molar-refractivity contribution >= 4 is 11.6 Å². The maximum atomic E-state index is 11.1. The molecule has 0 saturated heterocycles. The standard InChI is InChI=1S/C11H16N2O4/c1-16-9-3-2-8(13-11(15)7-12)6-10(9)17-5-4-14/h2-3,6,14H,4-5,7,12H2,1H3,(H,13,15). The van der Waals surface area contributed by atoms with Crippen molar-refractivity contribution in [3.8, 4) is 11.5 Å². The monoisotopic (exact) mass is 240 g/mol. The second-order valence-electron chi connectivity index (χ2n) is 3.19. The highest BCUT2D eigenvalue weighted by Crippen LogP contribution is 2.30. The first-order valence-corrected chi connectivity index (χ1v) is 5.13. The van der Waals surface area contributed by atoms with Crippen LogP contribution in [0.4, 0.5) is 5.69 Å². The second kappa shape index (κ2) is 6.72. The van der Waals surface area contributed by atoms with E-state index in [-0.39, 0.29) is 25.7 Å². The third kappa shape index (κ3) is 3.93. The summed E-state index contributed by atoms with van der Waals surface area (Å²) in [6.07, 6.45) is 0. The molecular formula is C11H16N2O4. The zero-order valence-corrected chi connectivity index (χ0v) is 9.60. The summed E-state index contributed by atoms with van der Waals surface area (Å²) in [6.45, 7) is -0.0218. The zero-order chi connectivity index (χ0) is 12.7. The number of methoxy groups -OCH3 is 1. The molecule has 6 heteroatoms. The highest BCUT2D eigenvalue weighted by Gasteiger charge is 2.07. The molecule has 4 N–H and O–H groups in total. The number of benzene rings is 1. The highest BCUT2D eigenvalue weighted by molar-refractivity contribution is 5.92. The van der Waals surface area contributed by atoms with Gasteiger partial charge in [0.05, 0.1) is 20.3 Å². The molecule has 0 aromatic heterocycles. The molecule has 0 fully saturated rings. The van der Waals surface area contributed by atoms with Crippen molar-refractivity contribution in [3.05, 3.63) is 18.2 Å². The Hall–Kier alpha value is -1.79. The number of hydrogen-bond donors (Lipinski definition) is 3. The van der Waals surface area contributed by atoms with Crippen molar-refractivity contribution in [1.29, 1.82) is 0 Å². The third-order valence-electron chi connectivity index (χ3n) is 1.98. The number of amides is 1. The molecule has 0 radical (unpaired) electrons. The average molecular weight is 240 g/mol. The highest BCUT2D eigenvalue weighted by atomic mass is 16.5. The number of carbonyl (C=O) groups excluding carboxylic acids is 1.